The molecule has 0 radical (unpaired) electrons. The number of fused-ring (bicyclic) bond motifs is 9. The Hall–Kier alpha value is -5.44. The summed E-state index contributed by atoms with van der Waals surface area (Å²) >= 11 is 1.92. The molecule has 0 saturated carbocycles. The van der Waals surface area contributed by atoms with Gasteiger partial charge in [0.05, 0.1) is 0 Å². The van der Waals surface area contributed by atoms with Gasteiger partial charge in [-0.15, -0.1) is 11.3 Å². The van der Waals surface area contributed by atoms with E-state index in [1.807, 2.05) is 11.3 Å². The van der Waals surface area contributed by atoms with Crippen LogP contribution < -0.4 is 4.90 Å². The van der Waals surface area contributed by atoms with E-state index in [0.29, 0.717) is 0 Å². The first-order valence-electron chi connectivity index (χ1n) is 17.6. The first-order chi connectivity index (χ1) is 24.3. The lowest BCUT2D eigenvalue weighted by molar-refractivity contribution is 0.660. The number of thiophene rings is 1. The van der Waals surface area contributed by atoms with E-state index in [4.69, 9.17) is 0 Å². The van der Waals surface area contributed by atoms with Crippen molar-refractivity contribution in [1.29, 1.82) is 0 Å². The number of para-hydroxylation sites is 1. The smallest absolute Gasteiger partial charge is 0.0476 e. The molecule has 2 aliphatic carbocycles. The second-order valence-electron chi connectivity index (χ2n) is 14.9. The van der Waals surface area contributed by atoms with Gasteiger partial charge in [0.25, 0.3) is 0 Å². The van der Waals surface area contributed by atoms with Crippen molar-refractivity contribution in [2.75, 3.05) is 4.90 Å². The molecule has 8 aromatic rings. The zero-order valence-electron chi connectivity index (χ0n) is 28.8. The third-order valence-electron chi connectivity index (χ3n) is 11.4. The molecule has 240 valence electrons. The first kappa shape index (κ1) is 29.5. The second-order valence-corrected chi connectivity index (χ2v) is 16.0. The van der Waals surface area contributed by atoms with Crippen LogP contribution in [0.2, 0.25) is 0 Å². The number of rotatable bonds is 4. The maximum Gasteiger partial charge on any atom is 0.0476 e. The van der Waals surface area contributed by atoms with Crippen molar-refractivity contribution in [2.24, 2.45) is 0 Å². The van der Waals surface area contributed by atoms with Crippen molar-refractivity contribution in [3.63, 3.8) is 0 Å². The SMILES string of the molecule is CC1(C)c2ccccc2-c2ccc(N(c3ccccc3)c3ccc4c(c3)sc3cc5c(c(-c6ccccc6)c34)-c3ccccc3C5(C)C)cc21. The van der Waals surface area contributed by atoms with E-state index in [-0.39, 0.29) is 10.8 Å². The lowest BCUT2D eigenvalue weighted by Gasteiger charge is -2.28. The highest BCUT2D eigenvalue weighted by Crippen LogP contribution is 2.57. The molecule has 0 amide bonds. The highest BCUT2D eigenvalue weighted by molar-refractivity contribution is 7.26. The zero-order chi connectivity index (χ0) is 33.8. The lowest BCUT2D eigenvalue weighted by Crippen LogP contribution is -2.16. The molecule has 1 aromatic heterocycles. The number of hydrogen-bond acceptors (Lipinski definition) is 2. The van der Waals surface area contributed by atoms with Gasteiger partial charge in [0.15, 0.2) is 0 Å². The van der Waals surface area contributed by atoms with Gasteiger partial charge in [-0.2, -0.15) is 0 Å². The molecule has 10 rings (SSSR count). The minimum Gasteiger partial charge on any atom is -0.310 e. The third-order valence-corrected chi connectivity index (χ3v) is 12.5. The molecule has 0 fully saturated rings. The number of anilines is 3. The van der Waals surface area contributed by atoms with Crippen LogP contribution in [0.5, 0.6) is 0 Å². The molecule has 0 saturated heterocycles. The van der Waals surface area contributed by atoms with E-state index in [2.05, 4.69) is 184 Å². The van der Waals surface area contributed by atoms with E-state index in [9.17, 15) is 0 Å². The van der Waals surface area contributed by atoms with Crippen LogP contribution in [0.1, 0.15) is 49.9 Å². The van der Waals surface area contributed by atoms with Crippen LogP contribution in [0.15, 0.2) is 152 Å². The molecule has 1 heterocycles. The summed E-state index contributed by atoms with van der Waals surface area (Å²) in [5.41, 5.74) is 17.1. The molecule has 0 atom stereocenters. The molecule has 50 heavy (non-hydrogen) atoms. The first-order valence-corrected chi connectivity index (χ1v) is 18.4. The molecule has 1 nitrogen and oxygen atoms in total. The Bertz CT molecular complexity index is 2640. The summed E-state index contributed by atoms with van der Waals surface area (Å²) in [6.45, 7) is 9.49. The van der Waals surface area contributed by atoms with Crippen LogP contribution in [-0.4, -0.2) is 0 Å². The Kier molecular flexibility index (Phi) is 6.21. The maximum atomic E-state index is 2.50. The van der Waals surface area contributed by atoms with Crippen molar-refractivity contribution >= 4 is 48.6 Å². The van der Waals surface area contributed by atoms with Crippen LogP contribution in [0.4, 0.5) is 17.1 Å². The number of nitrogens with zero attached hydrogens (tertiary/aromatic N) is 1. The Morgan fingerprint density at radius 1 is 0.420 bits per heavy atom. The van der Waals surface area contributed by atoms with Crippen molar-refractivity contribution < 1.29 is 0 Å². The van der Waals surface area contributed by atoms with Crippen LogP contribution >= 0.6 is 11.3 Å². The summed E-state index contributed by atoms with van der Waals surface area (Å²) < 4.78 is 2.65. The average molecular weight is 660 g/mol. The summed E-state index contributed by atoms with van der Waals surface area (Å²) in [6, 6.07) is 56.4. The largest absolute Gasteiger partial charge is 0.310 e. The fourth-order valence-corrected chi connectivity index (χ4v) is 10.2. The van der Waals surface area contributed by atoms with Gasteiger partial charge in [-0.25, -0.2) is 0 Å². The van der Waals surface area contributed by atoms with Crippen LogP contribution in [-0.2, 0) is 10.8 Å². The normalized spacial score (nSPS) is 14.7. The molecule has 7 aromatic carbocycles. The standard InChI is InChI=1S/C48H37NS/c1-47(2)38-21-13-11-19-34(38)35-25-23-32(27-40(35)47)49(31-17-9-6-10-18-31)33-24-26-37-42(28-33)50-43-29-41-45(36-20-12-14-22-39(36)48(41,3)4)44(46(37)43)30-15-7-5-8-16-30/h5-29H,1-4H3. The summed E-state index contributed by atoms with van der Waals surface area (Å²) in [5.74, 6) is 0. The van der Waals surface area contributed by atoms with E-state index in [1.165, 1.54) is 87.2 Å². The molecular weight excluding hydrogens is 623 g/mol. The molecule has 0 bridgehead atoms. The maximum absolute atomic E-state index is 2.50. The van der Waals surface area contributed by atoms with Crippen molar-refractivity contribution in [2.45, 2.75) is 38.5 Å². The number of benzene rings is 7. The summed E-state index contributed by atoms with van der Waals surface area (Å²) in [7, 11) is 0. The van der Waals surface area contributed by atoms with Gasteiger partial charge in [-0.1, -0.05) is 137 Å². The highest BCUT2D eigenvalue weighted by Gasteiger charge is 2.39. The topological polar surface area (TPSA) is 3.24 Å². The molecule has 0 N–H and O–H groups in total. The van der Waals surface area contributed by atoms with Gasteiger partial charge < -0.3 is 4.90 Å². The molecular formula is C48H37NS. The van der Waals surface area contributed by atoms with Gasteiger partial charge in [-0.3, -0.25) is 0 Å². The predicted molar refractivity (Wildman–Crippen MR) is 215 cm³/mol. The fraction of sp³-hybridized carbons (Fsp3) is 0.125. The van der Waals surface area contributed by atoms with Crippen LogP contribution in [0.3, 0.4) is 0 Å². The minimum absolute atomic E-state index is 0.0691. The predicted octanol–water partition coefficient (Wildman–Crippen LogP) is 13.8. The minimum atomic E-state index is -0.0733. The third kappa shape index (κ3) is 4.06. The molecule has 0 unspecified atom stereocenters. The van der Waals surface area contributed by atoms with Gasteiger partial charge in [0.2, 0.25) is 0 Å². The molecule has 0 spiro atoms. The van der Waals surface area contributed by atoms with Crippen molar-refractivity contribution in [1.82, 2.24) is 0 Å². The number of hydrogen-bond donors (Lipinski definition) is 0. The van der Waals surface area contributed by atoms with E-state index in [0.717, 1.165) is 5.69 Å². The summed E-state index contributed by atoms with van der Waals surface area (Å²) in [6.07, 6.45) is 0. The zero-order valence-corrected chi connectivity index (χ0v) is 29.6. The van der Waals surface area contributed by atoms with Gasteiger partial charge in [0, 0.05) is 48.1 Å². The van der Waals surface area contributed by atoms with Gasteiger partial charge in [-0.05, 0) is 98.1 Å². The summed E-state index contributed by atoms with van der Waals surface area (Å²) in [4.78, 5) is 2.43. The monoisotopic (exact) mass is 659 g/mol. The Labute approximate surface area is 298 Å². The Morgan fingerprint density at radius 2 is 1.00 bits per heavy atom. The van der Waals surface area contributed by atoms with Crippen LogP contribution in [0, 0.1) is 0 Å². The summed E-state index contributed by atoms with van der Waals surface area (Å²) in [5, 5.41) is 2.67. The Balaban J connectivity index is 1.20. The average Bonchev–Trinajstić information content (AvgIpc) is 3.71. The Morgan fingerprint density at radius 3 is 1.76 bits per heavy atom. The highest BCUT2D eigenvalue weighted by atomic mass is 32.1. The quantitative estimate of drug-likeness (QED) is 0.182. The van der Waals surface area contributed by atoms with Crippen LogP contribution in [0.25, 0.3) is 53.6 Å². The molecule has 2 aliphatic rings. The van der Waals surface area contributed by atoms with E-state index in [1.54, 1.807) is 0 Å². The lowest BCUT2D eigenvalue weighted by atomic mass is 9.81. The van der Waals surface area contributed by atoms with Gasteiger partial charge in [0.1, 0.15) is 0 Å². The van der Waals surface area contributed by atoms with Crippen molar-refractivity contribution in [3.05, 3.63) is 174 Å². The molecule has 0 aliphatic heterocycles. The second kappa shape index (κ2) is 10.5. The van der Waals surface area contributed by atoms with Gasteiger partial charge >= 0.3 is 0 Å². The van der Waals surface area contributed by atoms with E-state index < -0.39 is 0 Å². The fourth-order valence-electron chi connectivity index (χ4n) is 8.98. The van der Waals surface area contributed by atoms with Crippen molar-refractivity contribution in [3.8, 4) is 33.4 Å². The molecule has 2 heteroatoms. The van der Waals surface area contributed by atoms with E-state index >= 15 is 0 Å².